The number of aliphatic hydroxyl groups is 2. The predicted molar refractivity (Wildman–Crippen MR) is 87.2 cm³/mol. The number of carbonyl (C=O) groups is 1. The first kappa shape index (κ1) is 16.5. The number of para-hydroxylation sites is 2. The molecule has 1 amide bonds. The molecule has 2 aromatic rings. The van der Waals surface area contributed by atoms with Gasteiger partial charge in [-0.05, 0) is 18.6 Å². The zero-order chi connectivity index (χ0) is 17.1. The fourth-order valence-electron chi connectivity index (χ4n) is 2.94. The molecular weight excluding hydrogens is 310 g/mol. The number of ether oxygens (including phenoxy) is 1. The topological polar surface area (TPSA) is 87.8 Å². The van der Waals surface area contributed by atoms with Crippen molar-refractivity contribution in [3.63, 3.8) is 0 Å². The summed E-state index contributed by atoms with van der Waals surface area (Å²) in [6.07, 6.45) is 3.06. The van der Waals surface area contributed by atoms with Crippen LogP contribution in [0.3, 0.4) is 0 Å². The summed E-state index contributed by atoms with van der Waals surface area (Å²) in [5.41, 5.74) is 1.20. The van der Waals surface area contributed by atoms with Gasteiger partial charge in [-0.15, -0.1) is 0 Å². The number of β-amino-alcohol motifs (C(OH)–C–C–N with tert-alkyl or cyclic N) is 1. The second-order valence-electron chi connectivity index (χ2n) is 5.90. The number of benzene rings is 1. The van der Waals surface area contributed by atoms with Crippen molar-refractivity contribution in [2.75, 3.05) is 26.8 Å². The first-order valence-electron chi connectivity index (χ1n) is 7.90. The summed E-state index contributed by atoms with van der Waals surface area (Å²) in [6, 6.07) is 7.42. The van der Waals surface area contributed by atoms with Crippen LogP contribution in [0.25, 0.3) is 5.69 Å². The van der Waals surface area contributed by atoms with Crippen LogP contribution in [0.2, 0.25) is 0 Å². The molecule has 128 valence electrons. The van der Waals surface area contributed by atoms with Gasteiger partial charge in [0.15, 0.2) is 0 Å². The Morgan fingerprint density at radius 2 is 2.21 bits per heavy atom. The Bertz CT molecular complexity index is 715. The number of nitrogens with zero attached hydrogens (tertiary/aromatic N) is 3. The normalized spacial score (nSPS) is 20.9. The van der Waals surface area contributed by atoms with Gasteiger partial charge in [0, 0.05) is 31.8 Å². The average molecular weight is 331 g/mol. The second kappa shape index (κ2) is 7.02. The van der Waals surface area contributed by atoms with E-state index in [0.717, 1.165) is 5.69 Å². The largest absolute Gasteiger partial charge is 0.494 e. The monoisotopic (exact) mass is 331 g/mol. The fraction of sp³-hybridized carbons (Fsp3) is 0.412. The smallest absolute Gasteiger partial charge is 0.257 e. The Balaban J connectivity index is 1.77. The summed E-state index contributed by atoms with van der Waals surface area (Å²) >= 11 is 0. The summed E-state index contributed by atoms with van der Waals surface area (Å²) in [5, 5.41) is 23.4. The summed E-state index contributed by atoms with van der Waals surface area (Å²) in [7, 11) is 1.58. The Morgan fingerprint density at radius 1 is 1.42 bits per heavy atom. The van der Waals surface area contributed by atoms with Gasteiger partial charge in [0.05, 0.1) is 25.0 Å². The molecule has 3 rings (SSSR count). The van der Waals surface area contributed by atoms with Crippen molar-refractivity contribution >= 4 is 5.91 Å². The molecule has 0 bridgehead atoms. The average Bonchev–Trinajstić information content (AvgIpc) is 3.10. The van der Waals surface area contributed by atoms with E-state index >= 15 is 0 Å². The van der Waals surface area contributed by atoms with Crippen molar-refractivity contribution in [3.05, 3.63) is 42.2 Å². The molecule has 2 N–H and O–H groups in total. The molecule has 7 nitrogen and oxygen atoms in total. The Morgan fingerprint density at radius 3 is 2.92 bits per heavy atom. The molecule has 0 saturated carbocycles. The van der Waals surface area contributed by atoms with Gasteiger partial charge in [-0.1, -0.05) is 12.1 Å². The first-order valence-corrected chi connectivity index (χ1v) is 7.90. The molecule has 1 fully saturated rings. The van der Waals surface area contributed by atoms with E-state index in [0.29, 0.717) is 24.3 Å². The van der Waals surface area contributed by atoms with Crippen LogP contribution in [0.15, 0.2) is 36.7 Å². The zero-order valence-electron chi connectivity index (χ0n) is 13.5. The van der Waals surface area contributed by atoms with Gasteiger partial charge >= 0.3 is 0 Å². The highest BCUT2D eigenvalue weighted by molar-refractivity contribution is 5.94. The number of piperidine rings is 1. The van der Waals surface area contributed by atoms with Gasteiger partial charge in [0.2, 0.25) is 0 Å². The third-order valence-corrected chi connectivity index (χ3v) is 4.40. The van der Waals surface area contributed by atoms with Gasteiger partial charge in [-0.2, -0.15) is 5.10 Å². The molecule has 2 atom stereocenters. The maximum absolute atomic E-state index is 12.6. The molecule has 1 aromatic carbocycles. The van der Waals surface area contributed by atoms with E-state index in [9.17, 15) is 15.0 Å². The fourth-order valence-corrected chi connectivity index (χ4v) is 2.94. The van der Waals surface area contributed by atoms with Crippen molar-refractivity contribution < 1.29 is 19.7 Å². The van der Waals surface area contributed by atoms with Crippen LogP contribution in [0, 0.1) is 5.92 Å². The summed E-state index contributed by atoms with van der Waals surface area (Å²) in [5.74, 6) is 0.329. The minimum Gasteiger partial charge on any atom is -0.494 e. The SMILES string of the molecule is COc1ccccc1-n1cc(C(=O)N2CC[C@H](CO)[C@@H](O)C2)cn1. The molecule has 0 spiro atoms. The Kier molecular flexibility index (Phi) is 4.82. The van der Waals surface area contributed by atoms with Gasteiger partial charge in [-0.25, -0.2) is 4.68 Å². The van der Waals surface area contributed by atoms with Crippen LogP contribution >= 0.6 is 0 Å². The Hall–Kier alpha value is -2.38. The molecule has 1 aromatic heterocycles. The van der Waals surface area contributed by atoms with Crippen molar-refractivity contribution in [3.8, 4) is 11.4 Å². The highest BCUT2D eigenvalue weighted by atomic mass is 16.5. The van der Waals surface area contributed by atoms with Gasteiger partial charge in [0.1, 0.15) is 11.4 Å². The highest BCUT2D eigenvalue weighted by Crippen LogP contribution is 2.23. The van der Waals surface area contributed by atoms with Crippen LogP contribution in [0.5, 0.6) is 5.75 Å². The van der Waals surface area contributed by atoms with E-state index in [1.807, 2.05) is 24.3 Å². The number of hydrogen-bond donors (Lipinski definition) is 2. The van der Waals surface area contributed by atoms with E-state index < -0.39 is 6.10 Å². The molecule has 24 heavy (non-hydrogen) atoms. The number of aromatic nitrogens is 2. The van der Waals surface area contributed by atoms with Crippen LogP contribution in [-0.2, 0) is 0 Å². The summed E-state index contributed by atoms with van der Waals surface area (Å²) < 4.78 is 6.91. The molecule has 7 heteroatoms. The number of hydrogen-bond acceptors (Lipinski definition) is 5. The minimum absolute atomic E-state index is 0.0606. The first-order chi connectivity index (χ1) is 11.6. The highest BCUT2D eigenvalue weighted by Gasteiger charge is 2.30. The van der Waals surface area contributed by atoms with Crippen molar-refractivity contribution in [1.82, 2.24) is 14.7 Å². The molecule has 0 unspecified atom stereocenters. The summed E-state index contributed by atoms with van der Waals surface area (Å²) in [4.78, 5) is 14.2. The zero-order valence-corrected chi connectivity index (χ0v) is 13.5. The standard InChI is InChI=1S/C17H21N3O4/c1-24-16-5-3-2-4-14(16)20-9-13(8-18-20)17(23)19-7-6-12(11-21)15(22)10-19/h2-5,8-9,12,15,21-22H,6-7,10-11H2,1H3/t12-,15+/m1/s1. The summed E-state index contributed by atoms with van der Waals surface area (Å²) in [6.45, 7) is 0.680. The lowest BCUT2D eigenvalue weighted by Crippen LogP contribution is -2.47. The molecule has 1 saturated heterocycles. The van der Waals surface area contributed by atoms with Crippen molar-refractivity contribution in [2.24, 2.45) is 5.92 Å². The van der Waals surface area contributed by atoms with Crippen LogP contribution in [0.1, 0.15) is 16.8 Å². The van der Waals surface area contributed by atoms with E-state index in [1.54, 1.807) is 22.9 Å². The van der Waals surface area contributed by atoms with Crippen molar-refractivity contribution in [2.45, 2.75) is 12.5 Å². The predicted octanol–water partition coefficient (Wildman–Crippen LogP) is 0.696. The van der Waals surface area contributed by atoms with Gasteiger partial charge in [-0.3, -0.25) is 4.79 Å². The maximum Gasteiger partial charge on any atom is 0.257 e. The number of aliphatic hydroxyl groups excluding tert-OH is 2. The lowest BCUT2D eigenvalue weighted by Gasteiger charge is -2.34. The molecule has 2 heterocycles. The lowest BCUT2D eigenvalue weighted by atomic mass is 9.94. The number of methoxy groups -OCH3 is 1. The second-order valence-corrected chi connectivity index (χ2v) is 5.90. The molecule has 1 aliphatic heterocycles. The molecule has 1 aliphatic rings. The number of amides is 1. The Labute approximate surface area is 140 Å². The molecule has 0 aliphatic carbocycles. The van der Waals surface area contributed by atoms with Crippen molar-refractivity contribution in [1.29, 1.82) is 0 Å². The number of rotatable bonds is 4. The lowest BCUT2D eigenvalue weighted by molar-refractivity contribution is 0.000875. The third-order valence-electron chi connectivity index (χ3n) is 4.40. The van der Waals surface area contributed by atoms with E-state index in [-0.39, 0.29) is 25.0 Å². The van der Waals surface area contributed by atoms with Gasteiger partial charge < -0.3 is 19.8 Å². The van der Waals surface area contributed by atoms with E-state index in [2.05, 4.69) is 5.10 Å². The molecular formula is C17H21N3O4. The minimum atomic E-state index is -0.697. The van der Waals surface area contributed by atoms with Crippen LogP contribution in [-0.4, -0.2) is 63.7 Å². The van der Waals surface area contributed by atoms with E-state index in [1.165, 1.54) is 6.20 Å². The van der Waals surface area contributed by atoms with Crippen LogP contribution < -0.4 is 4.74 Å². The maximum atomic E-state index is 12.6. The van der Waals surface area contributed by atoms with Gasteiger partial charge in [0.25, 0.3) is 5.91 Å². The number of likely N-dealkylation sites (tertiary alicyclic amines) is 1. The van der Waals surface area contributed by atoms with Crippen LogP contribution in [0.4, 0.5) is 0 Å². The number of carbonyl (C=O) groups excluding carboxylic acids is 1. The van der Waals surface area contributed by atoms with E-state index in [4.69, 9.17) is 4.74 Å². The molecule has 0 radical (unpaired) electrons. The third kappa shape index (κ3) is 3.13. The quantitative estimate of drug-likeness (QED) is 0.861.